The largest absolute Gasteiger partial charge is 0.392 e. The number of aliphatic hydroxyl groups excluding tert-OH is 1. The van der Waals surface area contributed by atoms with Gasteiger partial charge in [-0.1, -0.05) is 42.5 Å². The van der Waals surface area contributed by atoms with Gasteiger partial charge in [0.05, 0.1) is 18.6 Å². The summed E-state index contributed by atoms with van der Waals surface area (Å²) in [7, 11) is 0. The minimum Gasteiger partial charge on any atom is -0.392 e. The van der Waals surface area contributed by atoms with Crippen molar-refractivity contribution in [1.82, 2.24) is 0 Å². The maximum Gasteiger partial charge on any atom is 0.0753 e. The van der Waals surface area contributed by atoms with Crippen LogP contribution in [0.1, 0.15) is 17.5 Å². The summed E-state index contributed by atoms with van der Waals surface area (Å²) in [5.74, 6) is -0.0509. The molecule has 1 unspecified atom stereocenters. The Labute approximate surface area is 95.2 Å². The standard InChI is InChI=1S/C14H13NO/c15-9-13-3-1-2-4-14(13)12-7-5-11(10-16)6-8-12/h1-2,4-8,13,16H,3,10H2. The van der Waals surface area contributed by atoms with Gasteiger partial charge in [0, 0.05) is 0 Å². The molecule has 2 rings (SSSR count). The maximum atomic E-state index is 9.06. The predicted octanol–water partition coefficient (Wildman–Crippen LogP) is 2.66. The van der Waals surface area contributed by atoms with Crippen LogP contribution >= 0.6 is 0 Å². The van der Waals surface area contributed by atoms with E-state index >= 15 is 0 Å². The number of hydrogen-bond donors (Lipinski definition) is 1. The number of nitrogens with zero attached hydrogens (tertiary/aromatic N) is 1. The molecule has 1 aliphatic rings. The summed E-state index contributed by atoms with van der Waals surface area (Å²) < 4.78 is 0. The van der Waals surface area contributed by atoms with Crippen LogP contribution < -0.4 is 0 Å². The first-order valence-electron chi connectivity index (χ1n) is 5.31. The van der Waals surface area contributed by atoms with Gasteiger partial charge in [-0.25, -0.2) is 0 Å². The van der Waals surface area contributed by atoms with Gasteiger partial charge < -0.3 is 5.11 Å². The van der Waals surface area contributed by atoms with Gasteiger partial charge in [0.2, 0.25) is 0 Å². The Balaban J connectivity index is 2.32. The Bertz CT molecular complexity index is 463. The molecule has 1 aliphatic carbocycles. The fraction of sp³-hybridized carbons (Fsp3) is 0.214. The van der Waals surface area contributed by atoms with Crippen molar-refractivity contribution < 1.29 is 5.11 Å². The third-order valence-corrected chi connectivity index (χ3v) is 2.78. The van der Waals surface area contributed by atoms with E-state index in [9.17, 15) is 0 Å². The topological polar surface area (TPSA) is 44.0 Å². The highest BCUT2D eigenvalue weighted by atomic mass is 16.3. The third-order valence-electron chi connectivity index (χ3n) is 2.78. The molecule has 80 valence electrons. The van der Waals surface area contributed by atoms with Gasteiger partial charge in [0.25, 0.3) is 0 Å². The smallest absolute Gasteiger partial charge is 0.0753 e. The van der Waals surface area contributed by atoms with E-state index in [4.69, 9.17) is 10.4 Å². The normalized spacial score (nSPS) is 19.0. The Hall–Kier alpha value is -1.85. The molecule has 0 aromatic heterocycles. The first-order chi connectivity index (χ1) is 7.85. The first-order valence-corrected chi connectivity index (χ1v) is 5.31. The lowest BCUT2D eigenvalue weighted by atomic mass is 9.87. The van der Waals surface area contributed by atoms with Crippen LogP contribution in [0.4, 0.5) is 0 Å². The van der Waals surface area contributed by atoms with Gasteiger partial charge >= 0.3 is 0 Å². The summed E-state index contributed by atoms with van der Waals surface area (Å²) in [4.78, 5) is 0. The fourth-order valence-electron chi connectivity index (χ4n) is 1.85. The van der Waals surface area contributed by atoms with Crippen LogP contribution in [-0.4, -0.2) is 5.11 Å². The first kappa shape index (κ1) is 10.7. The van der Waals surface area contributed by atoms with Gasteiger partial charge in [-0.05, 0) is 23.1 Å². The molecule has 2 nitrogen and oxygen atoms in total. The monoisotopic (exact) mass is 211 g/mol. The molecular formula is C14H13NO. The molecule has 0 bridgehead atoms. The molecule has 0 spiro atoms. The van der Waals surface area contributed by atoms with Crippen LogP contribution in [0.5, 0.6) is 0 Å². The molecule has 0 saturated heterocycles. The summed E-state index contributed by atoms with van der Waals surface area (Å²) in [6, 6.07) is 10.0. The zero-order chi connectivity index (χ0) is 11.4. The van der Waals surface area contributed by atoms with Gasteiger partial charge in [0.15, 0.2) is 0 Å². The van der Waals surface area contributed by atoms with Crippen LogP contribution in [0.3, 0.4) is 0 Å². The van der Waals surface area contributed by atoms with E-state index in [1.165, 1.54) is 0 Å². The summed E-state index contributed by atoms with van der Waals surface area (Å²) in [5.41, 5.74) is 3.02. The zero-order valence-corrected chi connectivity index (χ0v) is 8.93. The molecule has 0 aliphatic heterocycles. The summed E-state index contributed by atoms with van der Waals surface area (Å²) >= 11 is 0. The van der Waals surface area contributed by atoms with Gasteiger partial charge in [-0.15, -0.1) is 0 Å². The lowest BCUT2D eigenvalue weighted by Crippen LogP contribution is -2.02. The van der Waals surface area contributed by atoms with E-state index in [-0.39, 0.29) is 12.5 Å². The van der Waals surface area contributed by atoms with Crippen LogP contribution in [-0.2, 0) is 6.61 Å². The van der Waals surface area contributed by atoms with E-state index in [2.05, 4.69) is 6.07 Å². The molecule has 0 heterocycles. The van der Waals surface area contributed by atoms with Crippen molar-refractivity contribution in [3.8, 4) is 6.07 Å². The number of allylic oxidation sites excluding steroid dienone is 4. The minimum atomic E-state index is -0.0509. The van der Waals surface area contributed by atoms with E-state index < -0.39 is 0 Å². The molecule has 0 amide bonds. The summed E-state index contributed by atoms with van der Waals surface area (Å²) in [6.07, 6.45) is 6.78. The second kappa shape index (κ2) is 4.78. The SMILES string of the molecule is N#CC1CC=CC=C1c1ccc(CO)cc1. The van der Waals surface area contributed by atoms with Crippen LogP contribution in [0, 0.1) is 17.2 Å². The Morgan fingerprint density at radius 2 is 2.06 bits per heavy atom. The van der Waals surface area contributed by atoms with E-state index in [0.717, 1.165) is 23.1 Å². The van der Waals surface area contributed by atoms with Crippen molar-refractivity contribution in [3.05, 3.63) is 53.6 Å². The average molecular weight is 211 g/mol. The zero-order valence-electron chi connectivity index (χ0n) is 8.93. The molecule has 1 aromatic rings. The molecule has 0 radical (unpaired) electrons. The molecule has 1 aromatic carbocycles. The number of aliphatic hydroxyl groups is 1. The van der Waals surface area contributed by atoms with E-state index in [1.54, 1.807) is 0 Å². The lowest BCUT2D eigenvalue weighted by Gasteiger charge is -2.15. The number of benzene rings is 1. The number of hydrogen-bond acceptors (Lipinski definition) is 2. The second-order valence-electron chi connectivity index (χ2n) is 3.82. The summed E-state index contributed by atoms with van der Waals surface area (Å²) in [5, 5.41) is 18.0. The lowest BCUT2D eigenvalue weighted by molar-refractivity contribution is 0.282. The highest BCUT2D eigenvalue weighted by Gasteiger charge is 2.15. The Morgan fingerprint density at radius 3 is 2.69 bits per heavy atom. The maximum absolute atomic E-state index is 9.06. The van der Waals surface area contributed by atoms with Crippen molar-refractivity contribution in [2.75, 3.05) is 0 Å². The van der Waals surface area contributed by atoms with Crippen LogP contribution in [0.15, 0.2) is 42.5 Å². The van der Waals surface area contributed by atoms with Crippen molar-refractivity contribution >= 4 is 5.57 Å². The van der Waals surface area contributed by atoms with Gasteiger partial charge in [-0.2, -0.15) is 5.26 Å². The highest BCUT2D eigenvalue weighted by Crippen LogP contribution is 2.29. The number of rotatable bonds is 2. The predicted molar refractivity (Wildman–Crippen MR) is 63.2 cm³/mol. The molecule has 0 saturated carbocycles. The summed E-state index contributed by atoms with van der Waals surface area (Å²) in [6.45, 7) is 0.0565. The molecule has 1 atom stereocenters. The molecule has 16 heavy (non-hydrogen) atoms. The second-order valence-corrected chi connectivity index (χ2v) is 3.82. The van der Waals surface area contributed by atoms with E-state index in [0.29, 0.717) is 0 Å². The third kappa shape index (κ3) is 2.05. The van der Waals surface area contributed by atoms with Crippen molar-refractivity contribution in [3.63, 3.8) is 0 Å². The van der Waals surface area contributed by atoms with Crippen molar-refractivity contribution in [1.29, 1.82) is 5.26 Å². The van der Waals surface area contributed by atoms with Crippen LogP contribution in [0.2, 0.25) is 0 Å². The van der Waals surface area contributed by atoms with Crippen LogP contribution in [0.25, 0.3) is 5.57 Å². The highest BCUT2D eigenvalue weighted by molar-refractivity contribution is 5.72. The molecular weight excluding hydrogens is 198 g/mol. The van der Waals surface area contributed by atoms with Crippen molar-refractivity contribution in [2.45, 2.75) is 13.0 Å². The van der Waals surface area contributed by atoms with Gasteiger partial charge in [0.1, 0.15) is 0 Å². The average Bonchev–Trinajstić information content (AvgIpc) is 2.39. The molecule has 2 heteroatoms. The Kier molecular flexibility index (Phi) is 3.19. The Morgan fingerprint density at radius 1 is 1.31 bits per heavy atom. The fourth-order valence-corrected chi connectivity index (χ4v) is 1.85. The quantitative estimate of drug-likeness (QED) is 0.817. The van der Waals surface area contributed by atoms with Crippen molar-refractivity contribution in [2.24, 2.45) is 5.92 Å². The van der Waals surface area contributed by atoms with Gasteiger partial charge in [-0.3, -0.25) is 0 Å². The number of nitriles is 1. The van der Waals surface area contributed by atoms with E-state index in [1.807, 2.05) is 42.5 Å². The minimum absolute atomic E-state index is 0.0509. The molecule has 1 N–H and O–H groups in total. The molecule has 0 fully saturated rings.